The van der Waals surface area contributed by atoms with E-state index in [9.17, 15) is 17.1 Å². The number of hydrogen-bond acceptors (Lipinski definition) is 3. The summed E-state index contributed by atoms with van der Waals surface area (Å²) in [5.74, 6) is -0.281. The topological polar surface area (TPSA) is 51.2 Å². The van der Waals surface area contributed by atoms with Gasteiger partial charge in [-0.05, 0) is 35.9 Å². The van der Waals surface area contributed by atoms with Crippen LogP contribution in [0.1, 0.15) is 15.9 Å². The van der Waals surface area contributed by atoms with E-state index in [1.54, 1.807) is 6.08 Å². The zero-order valence-electron chi connectivity index (χ0n) is 10.4. The van der Waals surface area contributed by atoms with Crippen molar-refractivity contribution in [1.82, 2.24) is 0 Å². The molecule has 0 aliphatic carbocycles. The van der Waals surface area contributed by atoms with Crippen molar-refractivity contribution < 1.29 is 17.1 Å². The molecule has 0 bridgehead atoms. The van der Waals surface area contributed by atoms with Crippen molar-refractivity contribution in [2.45, 2.75) is 4.90 Å². The van der Waals surface area contributed by atoms with Gasteiger partial charge in [-0.25, -0.2) is 0 Å². The lowest BCUT2D eigenvalue weighted by molar-refractivity contribution is 0.104. The molecule has 2 aromatic carbocycles. The predicted molar refractivity (Wildman–Crippen MR) is 74.5 cm³/mol. The zero-order chi connectivity index (χ0) is 14.6. The molecule has 0 amide bonds. The number of carbonyl (C=O) groups excluding carboxylic acids is 1. The van der Waals surface area contributed by atoms with E-state index < -0.39 is 15.1 Å². The van der Waals surface area contributed by atoms with Gasteiger partial charge in [-0.2, -0.15) is 8.42 Å². The van der Waals surface area contributed by atoms with Gasteiger partial charge in [-0.15, -0.1) is 3.89 Å². The van der Waals surface area contributed by atoms with E-state index in [4.69, 9.17) is 0 Å². The van der Waals surface area contributed by atoms with Gasteiger partial charge in [0.1, 0.15) is 0 Å². The monoisotopic (exact) mass is 290 g/mol. The fourth-order valence-electron chi connectivity index (χ4n) is 1.61. The Morgan fingerprint density at radius 3 is 2.10 bits per heavy atom. The highest BCUT2D eigenvalue weighted by Gasteiger charge is 2.12. The van der Waals surface area contributed by atoms with Crippen LogP contribution < -0.4 is 0 Å². The Kier molecular flexibility index (Phi) is 4.10. The second-order valence-corrected chi connectivity index (χ2v) is 5.42. The number of carbonyl (C=O) groups is 1. The highest BCUT2D eigenvalue weighted by atomic mass is 32.3. The predicted octanol–water partition coefficient (Wildman–Crippen LogP) is 3.24. The molecule has 0 aromatic heterocycles. The molecule has 0 atom stereocenters. The average Bonchev–Trinajstić information content (AvgIpc) is 2.45. The SMILES string of the molecule is O=C(/C=C/c1ccccc1)c1ccc(S(=O)(=O)F)cc1. The molecule has 0 fully saturated rings. The molecule has 0 unspecified atom stereocenters. The van der Waals surface area contributed by atoms with Gasteiger partial charge < -0.3 is 0 Å². The third-order valence-corrected chi connectivity index (χ3v) is 3.48. The van der Waals surface area contributed by atoms with Gasteiger partial charge >= 0.3 is 10.2 Å². The minimum Gasteiger partial charge on any atom is -0.289 e. The fourth-order valence-corrected chi connectivity index (χ4v) is 2.08. The highest BCUT2D eigenvalue weighted by Crippen LogP contribution is 2.14. The van der Waals surface area contributed by atoms with E-state index >= 15 is 0 Å². The van der Waals surface area contributed by atoms with Gasteiger partial charge in [-0.3, -0.25) is 4.79 Å². The maximum absolute atomic E-state index is 12.7. The molecule has 20 heavy (non-hydrogen) atoms. The van der Waals surface area contributed by atoms with Gasteiger partial charge in [0.25, 0.3) is 0 Å². The summed E-state index contributed by atoms with van der Waals surface area (Å²) in [6, 6.07) is 14.0. The summed E-state index contributed by atoms with van der Waals surface area (Å²) in [4.78, 5) is 11.4. The quantitative estimate of drug-likeness (QED) is 0.493. The molecule has 102 valence electrons. The minimum atomic E-state index is -4.73. The lowest BCUT2D eigenvalue weighted by atomic mass is 10.1. The third-order valence-electron chi connectivity index (χ3n) is 2.65. The maximum atomic E-state index is 12.7. The molecule has 5 heteroatoms. The summed E-state index contributed by atoms with van der Waals surface area (Å²) in [6.45, 7) is 0. The first-order valence-corrected chi connectivity index (χ1v) is 7.17. The third kappa shape index (κ3) is 3.61. The summed E-state index contributed by atoms with van der Waals surface area (Å²) >= 11 is 0. The van der Waals surface area contributed by atoms with E-state index in [0.29, 0.717) is 5.56 Å². The maximum Gasteiger partial charge on any atom is 0.332 e. The molecule has 0 saturated carbocycles. The number of ketones is 1. The van der Waals surface area contributed by atoms with Crippen molar-refractivity contribution >= 4 is 22.1 Å². The molecule has 0 aliphatic rings. The van der Waals surface area contributed by atoms with Gasteiger partial charge in [0.15, 0.2) is 5.78 Å². The minimum absolute atomic E-state index is 0.281. The highest BCUT2D eigenvalue weighted by molar-refractivity contribution is 7.86. The molecular formula is C15H11FO3S. The van der Waals surface area contributed by atoms with Crippen LogP contribution in [0, 0.1) is 0 Å². The van der Waals surface area contributed by atoms with Crippen LogP contribution in [0.15, 0.2) is 65.6 Å². The standard InChI is InChI=1S/C15H11FO3S/c16-20(18,19)14-9-7-13(8-10-14)15(17)11-6-12-4-2-1-3-5-12/h1-11H/b11-6+. The Balaban J connectivity index is 2.16. The van der Waals surface area contributed by atoms with Crippen molar-refractivity contribution in [2.24, 2.45) is 0 Å². The molecule has 3 nitrogen and oxygen atoms in total. The van der Waals surface area contributed by atoms with Crippen molar-refractivity contribution in [3.8, 4) is 0 Å². The summed E-state index contributed by atoms with van der Waals surface area (Å²) in [5, 5.41) is 0. The Labute approximate surface area is 116 Å². The van der Waals surface area contributed by atoms with E-state index in [-0.39, 0.29) is 5.78 Å². The second kappa shape index (κ2) is 5.79. The van der Waals surface area contributed by atoms with Crippen LogP contribution in [0.3, 0.4) is 0 Å². The van der Waals surface area contributed by atoms with Crippen LogP contribution in [0.25, 0.3) is 6.08 Å². The first-order chi connectivity index (χ1) is 9.47. The molecule has 0 spiro atoms. The van der Waals surface area contributed by atoms with E-state index in [0.717, 1.165) is 17.7 Å². The first kappa shape index (κ1) is 14.1. The largest absolute Gasteiger partial charge is 0.332 e. The molecular weight excluding hydrogens is 279 g/mol. The summed E-state index contributed by atoms with van der Waals surface area (Å²) in [6.07, 6.45) is 3.04. The smallest absolute Gasteiger partial charge is 0.289 e. The van der Waals surface area contributed by atoms with Crippen LogP contribution in [-0.2, 0) is 10.2 Å². The van der Waals surface area contributed by atoms with Crippen molar-refractivity contribution in [3.05, 3.63) is 71.8 Å². The number of rotatable bonds is 4. The van der Waals surface area contributed by atoms with Crippen molar-refractivity contribution in [3.63, 3.8) is 0 Å². The Hall–Kier alpha value is -2.27. The van der Waals surface area contributed by atoms with E-state index in [1.807, 2.05) is 30.3 Å². The normalized spacial score (nSPS) is 11.7. The summed E-state index contributed by atoms with van der Waals surface area (Å²) in [7, 11) is -4.73. The van der Waals surface area contributed by atoms with Crippen LogP contribution in [-0.4, -0.2) is 14.2 Å². The van der Waals surface area contributed by atoms with Gasteiger partial charge in [-0.1, -0.05) is 36.4 Å². The number of halogens is 1. The Bertz CT molecular complexity index is 732. The molecule has 0 radical (unpaired) electrons. The molecule has 0 saturated heterocycles. The second-order valence-electron chi connectivity index (χ2n) is 4.07. The van der Waals surface area contributed by atoms with E-state index in [2.05, 4.69) is 0 Å². The zero-order valence-corrected chi connectivity index (χ0v) is 11.2. The van der Waals surface area contributed by atoms with Gasteiger partial charge in [0.2, 0.25) is 0 Å². The number of benzene rings is 2. The Morgan fingerprint density at radius 1 is 0.950 bits per heavy atom. The molecule has 0 heterocycles. The van der Waals surface area contributed by atoms with Crippen LogP contribution in [0.2, 0.25) is 0 Å². The molecule has 2 rings (SSSR count). The number of allylic oxidation sites excluding steroid dienone is 1. The van der Waals surface area contributed by atoms with Gasteiger partial charge in [0.05, 0.1) is 4.90 Å². The summed E-state index contributed by atoms with van der Waals surface area (Å²) < 4.78 is 34.0. The van der Waals surface area contributed by atoms with E-state index in [1.165, 1.54) is 18.2 Å². The first-order valence-electron chi connectivity index (χ1n) is 5.79. The van der Waals surface area contributed by atoms with Crippen molar-refractivity contribution in [2.75, 3.05) is 0 Å². The molecule has 0 N–H and O–H groups in total. The Morgan fingerprint density at radius 2 is 1.55 bits per heavy atom. The summed E-state index contributed by atoms with van der Waals surface area (Å²) in [5.41, 5.74) is 1.17. The molecule has 2 aromatic rings. The van der Waals surface area contributed by atoms with Crippen molar-refractivity contribution in [1.29, 1.82) is 0 Å². The van der Waals surface area contributed by atoms with Gasteiger partial charge in [0, 0.05) is 5.56 Å². The van der Waals surface area contributed by atoms with Crippen LogP contribution in [0.5, 0.6) is 0 Å². The fraction of sp³-hybridized carbons (Fsp3) is 0. The van der Waals surface area contributed by atoms with Crippen LogP contribution >= 0.6 is 0 Å². The average molecular weight is 290 g/mol. The molecule has 0 aliphatic heterocycles. The lowest BCUT2D eigenvalue weighted by Gasteiger charge is -1.98. The van der Waals surface area contributed by atoms with Crippen LogP contribution in [0.4, 0.5) is 3.89 Å². The number of hydrogen-bond donors (Lipinski definition) is 0. The lowest BCUT2D eigenvalue weighted by Crippen LogP contribution is -1.96.